The van der Waals surface area contributed by atoms with Gasteiger partial charge in [-0.25, -0.2) is 9.18 Å². The first kappa shape index (κ1) is 16.0. The van der Waals surface area contributed by atoms with Crippen molar-refractivity contribution >= 4 is 5.97 Å². The number of rotatable bonds is 4. The first-order chi connectivity index (χ1) is 9.77. The average molecular weight is 294 g/mol. The lowest BCUT2D eigenvalue weighted by atomic mass is 9.71. The van der Waals surface area contributed by atoms with E-state index in [1.807, 2.05) is 0 Å². The van der Waals surface area contributed by atoms with Gasteiger partial charge in [-0.05, 0) is 48.3 Å². The van der Waals surface area contributed by atoms with E-state index in [0.29, 0.717) is 11.5 Å². The van der Waals surface area contributed by atoms with E-state index >= 15 is 0 Å². The van der Waals surface area contributed by atoms with Crippen LogP contribution in [-0.4, -0.2) is 17.2 Å². The highest BCUT2D eigenvalue weighted by Gasteiger charge is 2.32. The highest BCUT2D eigenvalue weighted by atomic mass is 19.1. The van der Waals surface area contributed by atoms with Crippen LogP contribution in [0.2, 0.25) is 0 Å². The van der Waals surface area contributed by atoms with Crippen molar-refractivity contribution in [2.45, 2.75) is 52.7 Å². The van der Waals surface area contributed by atoms with Crippen LogP contribution in [0.5, 0.6) is 0 Å². The lowest BCUT2D eigenvalue weighted by Crippen LogP contribution is -2.32. The molecule has 2 atom stereocenters. The van der Waals surface area contributed by atoms with E-state index in [2.05, 4.69) is 20.8 Å². The Labute approximate surface area is 125 Å². The van der Waals surface area contributed by atoms with Crippen molar-refractivity contribution in [1.82, 2.24) is 0 Å². The summed E-state index contributed by atoms with van der Waals surface area (Å²) in [7, 11) is 0. The van der Waals surface area contributed by atoms with Crippen molar-refractivity contribution in [2.24, 2.45) is 11.3 Å². The molecular formula is C17H23FO3. The molecule has 1 aromatic carbocycles. The van der Waals surface area contributed by atoms with Crippen LogP contribution in [0.15, 0.2) is 18.2 Å². The van der Waals surface area contributed by atoms with Gasteiger partial charge in [0.05, 0.1) is 18.3 Å². The van der Waals surface area contributed by atoms with E-state index in [1.165, 1.54) is 18.6 Å². The van der Waals surface area contributed by atoms with Gasteiger partial charge in [0.1, 0.15) is 5.82 Å². The summed E-state index contributed by atoms with van der Waals surface area (Å²) in [6.45, 7) is 6.91. The monoisotopic (exact) mass is 294 g/mol. The van der Waals surface area contributed by atoms with Crippen LogP contribution < -0.4 is 0 Å². The van der Waals surface area contributed by atoms with Crippen molar-refractivity contribution in [3.63, 3.8) is 0 Å². The maximum absolute atomic E-state index is 13.2. The van der Waals surface area contributed by atoms with Crippen LogP contribution >= 0.6 is 0 Å². The number of ether oxygens (including phenoxy) is 1. The number of aromatic carboxylic acids is 1. The molecule has 1 aliphatic rings. The van der Waals surface area contributed by atoms with Crippen molar-refractivity contribution in [3.05, 3.63) is 35.1 Å². The second-order valence-corrected chi connectivity index (χ2v) is 6.95. The molecule has 0 saturated heterocycles. The molecule has 1 N–H and O–H groups in total. The van der Waals surface area contributed by atoms with E-state index in [1.54, 1.807) is 0 Å². The fourth-order valence-electron chi connectivity index (χ4n) is 3.47. The number of halogens is 1. The summed E-state index contributed by atoms with van der Waals surface area (Å²) >= 11 is 0. The minimum atomic E-state index is -1.12. The molecule has 1 fully saturated rings. The number of carboxylic acids is 1. The fraction of sp³-hybridized carbons (Fsp3) is 0.588. The molecule has 3 nitrogen and oxygen atoms in total. The third kappa shape index (κ3) is 4.27. The van der Waals surface area contributed by atoms with Crippen molar-refractivity contribution in [2.75, 3.05) is 0 Å². The molecule has 1 saturated carbocycles. The Bertz CT molecular complexity index is 525. The second kappa shape index (κ2) is 6.14. The van der Waals surface area contributed by atoms with Crippen LogP contribution in [0.25, 0.3) is 0 Å². The van der Waals surface area contributed by atoms with E-state index in [-0.39, 0.29) is 23.7 Å². The molecule has 4 heteroatoms. The highest BCUT2D eigenvalue weighted by molar-refractivity contribution is 5.89. The largest absolute Gasteiger partial charge is 0.478 e. The molecule has 2 rings (SSSR count). The summed E-state index contributed by atoms with van der Waals surface area (Å²) in [4.78, 5) is 11.2. The van der Waals surface area contributed by atoms with Gasteiger partial charge in [-0.3, -0.25) is 0 Å². The summed E-state index contributed by atoms with van der Waals surface area (Å²) in [6, 6.07) is 3.82. The average Bonchev–Trinajstić information content (AvgIpc) is 2.34. The first-order valence-corrected chi connectivity index (χ1v) is 7.40. The molecular weight excluding hydrogens is 271 g/mol. The third-order valence-corrected chi connectivity index (χ3v) is 4.12. The summed E-state index contributed by atoms with van der Waals surface area (Å²) < 4.78 is 19.1. The van der Waals surface area contributed by atoms with Gasteiger partial charge >= 0.3 is 5.97 Å². The third-order valence-electron chi connectivity index (χ3n) is 4.12. The van der Waals surface area contributed by atoms with Gasteiger partial charge in [0, 0.05) is 0 Å². The zero-order valence-electron chi connectivity index (χ0n) is 12.9. The predicted molar refractivity (Wildman–Crippen MR) is 78.7 cm³/mol. The minimum Gasteiger partial charge on any atom is -0.478 e. The molecule has 21 heavy (non-hydrogen) atoms. The van der Waals surface area contributed by atoms with E-state index < -0.39 is 11.8 Å². The van der Waals surface area contributed by atoms with Gasteiger partial charge in [0.2, 0.25) is 0 Å². The molecule has 1 aliphatic carbocycles. The van der Waals surface area contributed by atoms with E-state index in [9.17, 15) is 9.18 Å². The number of hydrogen-bond acceptors (Lipinski definition) is 2. The van der Waals surface area contributed by atoms with Crippen molar-refractivity contribution < 1.29 is 19.0 Å². The summed E-state index contributed by atoms with van der Waals surface area (Å²) in [5.74, 6) is -1.06. The number of benzene rings is 1. The van der Waals surface area contributed by atoms with Gasteiger partial charge < -0.3 is 9.84 Å². The van der Waals surface area contributed by atoms with Crippen LogP contribution in [0.1, 0.15) is 56.0 Å². The minimum absolute atomic E-state index is 0.0156. The number of carbonyl (C=O) groups is 1. The molecule has 0 aliphatic heterocycles. The molecule has 1 aromatic rings. The summed E-state index contributed by atoms with van der Waals surface area (Å²) in [6.07, 6.45) is 3.29. The van der Waals surface area contributed by atoms with Gasteiger partial charge in [0.25, 0.3) is 0 Å². The highest BCUT2D eigenvalue weighted by Crippen LogP contribution is 2.39. The fourth-order valence-corrected chi connectivity index (χ4v) is 3.47. The first-order valence-electron chi connectivity index (χ1n) is 7.40. The second-order valence-electron chi connectivity index (χ2n) is 6.95. The van der Waals surface area contributed by atoms with E-state index in [0.717, 1.165) is 18.9 Å². The molecule has 0 spiro atoms. The number of carboxylic acid groups (broad SMARTS) is 1. The lowest BCUT2D eigenvalue weighted by molar-refractivity contribution is -0.0319. The Morgan fingerprint density at radius 3 is 2.76 bits per heavy atom. The SMILES string of the molecule is CC1CC(OCc2ccc(F)cc2C(=O)O)CC(C)(C)C1. The smallest absolute Gasteiger partial charge is 0.336 e. The Kier molecular flexibility index (Phi) is 4.67. The Morgan fingerprint density at radius 2 is 2.14 bits per heavy atom. The summed E-state index contributed by atoms with van der Waals surface area (Å²) in [5.41, 5.74) is 0.763. The molecule has 0 amide bonds. The normalized spacial score (nSPS) is 24.8. The topological polar surface area (TPSA) is 46.5 Å². The molecule has 0 radical (unpaired) electrons. The summed E-state index contributed by atoms with van der Waals surface area (Å²) in [5, 5.41) is 9.13. The standard InChI is InChI=1S/C17H23FO3/c1-11-6-14(9-17(2,3)8-11)21-10-12-4-5-13(18)7-15(12)16(19)20/h4-5,7,11,14H,6,8-10H2,1-3H3,(H,19,20). The maximum Gasteiger partial charge on any atom is 0.336 e. The Morgan fingerprint density at radius 1 is 1.43 bits per heavy atom. The molecule has 0 bridgehead atoms. The molecule has 0 aromatic heterocycles. The van der Waals surface area contributed by atoms with Crippen molar-refractivity contribution in [3.8, 4) is 0 Å². The van der Waals surface area contributed by atoms with Crippen molar-refractivity contribution in [1.29, 1.82) is 0 Å². The van der Waals surface area contributed by atoms with E-state index in [4.69, 9.17) is 9.84 Å². The van der Waals surface area contributed by atoms with Gasteiger partial charge in [-0.2, -0.15) is 0 Å². The number of hydrogen-bond donors (Lipinski definition) is 1. The molecule has 116 valence electrons. The zero-order valence-corrected chi connectivity index (χ0v) is 12.9. The van der Waals surface area contributed by atoms with Gasteiger partial charge in [-0.15, -0.1) is 0 Å². The molecule has 2 unspecified atom stereocenters. The molecule has 0 heterocycles. The zero-order chi connectivity index (χ0) is 15.6. The Hall–Kier alpha value is -1.42. The van der Waals surface area contributed by atoms with Crippen LogP contribution in [0.3, 0.4) is 0 Å². The lowest BCUT2D eigenvalue weighted by Gasteiger charge is -2.38. The quantitative estimate of drug-likeness (QED) is 0.902. The van der Waals surface area contributed by atoms with Gasteiger partial charge in [0.15, 0.2) is 0 Å². The van der Waals surface area contributed by atoms with Crippen LogP contribution in [0.4, 0.5) is 4.39 Å². The van der Waals surface area contributed by atoms with Crippen LogP contribution in [-0.2, 0) is 11.3 Å². The maximum atomic E-state index is 13.2. The van der Waals surface area contributed by atoms with Crippen LogP contribution in [0, 0.1) is 17.2 Å². The van der Waals surface area contributed by atoms with Gasteiger partial charge in [-0.1, -0.05) is 26.8 Å². The Balaban J connectivity index is 2.05. The predicted octanol–water partition coefficient (Wildman–Crippen LogP) is 4.26.